The number of thiazole rings is 1. The minimum absolute atomic E-state index is 0.0640. The van der Waals surface area contributed by atoms with E-state index in [9.17, 15) is 19.8 Å². The van der Waals surface area contributed by atoms with Gasteiger partial charge in [0.05, 0.1) is 24.8 Å². The van der Waals surface area contributed by atoms with Gasteiger partial charge < -0.3 is 15.1 Å². The van der Waals surface area contributed by atoms with Gasteiger partial charge in [-0.2, -0.15) is 9.97 Å². The third-order valence-electron chi connectivity index (χ3n) is 6.08. The summed E-state index contributed by atoms with van der Waals surface area (Å²) in [4.78, 5) is 42.1. The van der Waals surface area contributed by atoms with E-state index in [2.05, 4.69) is 36.1 Å². The molecule has 182 valence electrons. The van der Waals surface area contributed by atoms with Crippen LogP contribution in [0.25, 0.3) is 0 Å². The number of aryl methyl sites for hydroxylation is 1. The highest BCUT2D eigenvalue weighted by Gasteiger charge is 2.35. The zero-order valence-corrected chi connectivity index (χ0v) is 21.3. The van der Waals surface area contributed by atoms with Crippen LogP contribution in [0.5, 0.6) is 0 Å². The molecule has 0 aliphatic carbocycles. The molecule has 2 aliphatic heterocycles. The molecule has 3 aromatic rings. The van der Waals surface area contributed by atoms with Crippen molar-refractivity contribution in [2.24, 2.45) is 0 Å². The first kappa shape index (κ1) is 23.6. The number of rotatable bonds is 6. The SMILES string of the molecule is Cc1nc(Nc2nc(N3CCC(O)CC3)c3c(n2)N(Cc2ccc(Br)cc2)C(=O)C3)sc1C(=O)O. The number of aromatic carboxylic acids is 1. The molecule has 10 nitrogen and oxygen atoms in total. The number of aliphatic hydroxyl groups excluding tert-OH is 1. The number of hydrogen-bond acceptors (Lipinski definition) is 9. The molecule has 2 aliphatic rings. The summed E-state index contributed by atoms with van der Waals surface area (Å²) in [6.07, 6.45) is 1.08. The number of halogens is 1. The molecule has 5 rings (SSSR count). The molecule has 2 aromatic heterocycles. The van der Waals surface area contributed by atoms with E-state index < -0.39 is 5.97 Å². The van der Waals surface area contributed by atoms with Crippen LogP contribution in [0.1, 0.15) is 39.3 Å². The van der Waals surface area contributed by atoms with Crippen LogP contribution in [0.15, 0.2) is 28.7 Å². The highest BCUT2D eigenvalue weighted by molar-refractivity contribution is 9.10. The van der Waals surface area contributed by atoms with Crippen LogP contribution < -0.4 is 15.1 Å². The molecule has 1 fully saturated rings. The summed E-state index contributed by atoms with van der Waals surface area (Å²) in [6, 6.07) is 7.76. The van der Waals surface area contributed by atoms with Crippen LogP contribution in [0.2, 0.25) is 0 Å². The Balaban J connectivity index is 1.53. The van der Waals surface area contributed by atoms with Crippen LogP contribution in [0.3, 0.4) is 0 Å². The van der Waals surface area contributed by atoms with Gasteiger partial charge in [0.15, 0.2) is 5.13 Å². The Morgan fingerprint density at radius 1 is 1.17 bits per heavy atom. The zero-order valence-electron chi connectivity index (χ0n) is 18.9. The Morgan fingerprint density at radius 3 is 2.51 bits per heavy atom. The van der Waals surface area contributed by atoms with Gasteiger partial charge in [-0.15, -0.1) is 0 Å². The van der Waals surface area contributed by atoms with E-state index in [-0.39, 0.29) is 29.3 Å². The highest BCUT2D eigenvalue weighted by atomic mass is 79.9. The number of hydrogen-bond donors (Lipinski definition) is 3. The van der Waals surface area contributed by atoms with E-state index >= 15 is 0 Å². The van der Waals surface area contributed by atoms with Crippen molar-refractivity contribution < 1.29 is 19.8 Å². The lowest BCUT2D eigenvalue weighted by molar-refractivity contribution is -0.117. The van der Waals surface area contributed by atoms with E-state index in [4.69, 9.17) is 4.98 Å². The van der Waals surface area contributed by atoms with E-state index in [0.29, 0.717) is 54.9 Å². The van der Waals surface area contributed by atoms with Gasteiger partial charge >= 0.3 is 5.97 Å². The van der Waals surface area contributed by atoms with E-state index in [0.717, 1.165) is 26.9 Å². The summed E-state index contributed by atoms with van der Waals surface area (Å²) in [5.74, 6) is 0.324. The van der Waals surface area contributed by atoms with Gasteiger partial charge in [0, 0.05) is 23.1 Å². The Bertz CT molecular complexity index is 1290. The van der Waals surface area contributed by atoms with Crippen molar-refractivity contribution in [2.45, 2.75) is 38.8 Å². The number of aliphatic hydroxyl groups is 1. The smallest absolute Gasteiger partial charge is 0.347 e. The second-order valence-corrected chi connectivity index (χ2v) is 10.5. The molecule has 0 spiro atoms. The zero-order chi connectivity index (χ0) is 24.7. The van der Waals surface area contributed by atoms with Gasteiger partial charge in [-0.3, -0.25) is 15.0 Å². The topological polar surface area (TPSA) is 132 Å². The summed E-state index contributed by atoms with van der Waals surface area (Å²) in [5, 5.41) is 22.7. The lowest BCUT2D eigenvalue weighted by Gasteiger charge is -2.31. The molecule has 0 atom stereocenters. The third-order valence-corrected chi connectivity index (χ3v) is 7.67. The second-order valence-electron chi connectivity index (χ2n) is 8.54. The van der Waals surface area contributed by atoms with Crippen LogP contribution in [-0.2, 0) is 17.8 Å². The Kier molecular flexibility index (Phi) is 6.43. The van der Waals surface area contributed by atoms with Crippen LogP contribution >= 0.6 is 27.3 Å². The fourth-order valence-electron chi connectivity index (χ4n) is 4.28. The molecule has 1 saturated heterocycles. The lowest BCUT2D eigenvalue weighted by atomic mass is 10.1. The van der Waals surface area contributed by atoms with Gasteiger partial charge in [0.25, 0.3) is 0 Å². The minimum Gasteiger partial charge on any atom is -0.477 e. The summed E-state index contributed by atoms with van der Waals surface area (Å²) in [6.45, 7) is 3.24. The first-order valence-corrected chi connectivity index (χ1v) is 12.8. The predicted octanol–water partition coefficient (Wildman–Crippen LogP) is 3.50. The number of carbonyl (C=O) groups excluding carboxylic acids is 1. The number of anilines is 4. The molecule has 3 N–H and O–H groups in total. The standard InChI is InChI=1S/C23H23BrN6O4S/c1-12-18(21(33)34)35-23(25-12)28-22-26-19(29-8-6-15(31)7-9-29)16-10-17(32)30(20(16)27-22)11-13-2-4-14(24)5-3-13/h2-5,15,31H,6-11H2,1H3,(H,33,34)(H,25,26,27,28). The number of aromatic nitrogens is 3. The number of amides is 1. The molecular formula is C23H23BrN6O4S. The van der Waals surface area contributed by atoms with Crippen LogP contribution in [0.4, 0.5) is 22.7 Å². The van der Waals surface area contributed by atoms with Crippen LogP contribution in [0, 0.1) is 6.92 Å². The molecule has 1 amide bonds. The molecule has 0 saturated carbocycles. The molecule has 35 heavy (non-hydrogen) atoms. The largest absolute Gasteiger partial charge is 0.477 e. The fourth-order valence-corrected chi connectivity index (χ4v) is 5.34. The Morgan fingerprint density at radius 2 is 1.86 bits per heavy atom. The summed E-state index contributed by atoms with van der Waals surface area (Å²) in [7, 11) is 0. The number of carboxylic acid groups (broad SMARTS) is 1. The first-order chi connectivity index (χ1) is 16.8. The van der Waals surface area contributed by atoms with Crippen molar-refractivity contribution >= 4 is 61.9 Å². The van der Waals surface area contributed by atoms with Crippen molar-refractivity contribution in [1.29, 1.82) is 0 Å². The quantitative estimate of drug-likeness (QED) is 0.415. The van der Waals surface area contributed by atoms with Crippen LogP contribution in [-0.4, -0.2) is 56.2 Å². The van der Waals surface area contributed by atoms with Gasteiger partial charge in [-0.25, -0.2) is 9.78 Å². The Hall–Kier alpha value is -3.09. The maximum atomic E-state index is 13.1. The maximum Gasteiger partial charge on any atom is 0.347 e. The highest BCUT2D eigenvalue weighted by Crippen LogP contribution is 2.37. The van der Waals surface area contributed by atoms with E-state index in [1.165, 1.54) is 0 Å². The van der Waals surface area contributed by atoms with E-state index in [1.807, 2.05) is 24.3 Å². The number of nitrogens with one attached hydrogen (secondary N) is 1. The van der Waals surface area contributed by atoms with Gasteiger partial charge in [0.1, 0.15) is 16.5 Å². The fraction of sp³-hybridized carbons (Fsp3) is 0.348. The second kappa shape index (κ2) is 9.51. The summed E-state index contributed by atoms with van der Waals surface area (Å²) in [5.41, 5.74) is 2.13. The molecule has 1 aromatic carbocycles. The number of nitrogens with zero attached hydrogens (tertiary/aromatic N) is 5. The molecule has 0 unspecified atom stereocenters. The molecule has 0 bridgehead atoms. The third kappa shape index (κ3) is 4.86. The summed E-state index contributed by atoms with van der Waals surface area (Å²) >= 11 is 4.45. The minimum atomic E-state index is -1.04. The van der Waals surface area contributed by atoms with Crippen molar-refractivity contribution in [3.05, 3.63) is 50.4 Å². The number of carbonyl (C=O) groups is 2. The van der Waals surface area contributed by atoms with Crippen molar-refractivity contribution in [1.82, 2.24) is 15.0 Å². The normalized spacial score (nSPS) is 16.0. The van der Waals surface area contributed by atoms with Gasteiger partial charge in [-0.1, -0.05) is 39.4 Å². The molecular weight excluding hydrogens is 536 g/mol. The van der Waals surface area contributed by atoms with Crippen molar-refractivity contribution in [3.8, 4) is 0 Å². The number of piperidine rings is 1. The maximum absolute atomic E-state index is 13.1. The van der Waals surface area contributed by atoms with Crippen molar-refractivity contribution in [2.75, 3.05) is 28.2 Å². The first-order valence-electron chi connectivity index (χ1n) is 11.1. The molecule has 12 heteroatoms. The molecule has 0 radical (unpaired) electrons. The van der Waals surface area contributed by atoms with Gasteiger partial charge in [-0.05, 0) is 37.5 Å². The average Bonchev–Trinajstić information content (AvgIpc) is 3.34. The van der Waals surface area contributed by atoms with Crippen molar-refractivity contribution in [3.63, 3.8) is 0 Å². The van der Waals surface area contributed by atoms with E-state index in [1.54, 1.807) is 11.8 Å². The Labute approximate surface area is 213 Å². The number of benzene rings is 1. The monoisotopic (exact) mass is 558 g/mol. The number of carboxylic acids is 1. The lowest BCUT2D eigenvalue weighted by Crippen LogP contribution is -2.37. The molecule has 4 heterocycles. The summed E-state index contributed by atoms with van der Waals surface area (Å²) < 4.78 is 0.956. The predicted molar refractivity (Wildman–Crippen MR) is 136 cm³/mol. The average molecular weight is 559 g/mol. The number of fused-ring (bicyclic) bond motifs is 1. The van der Waals surface area contributed by atoms with Gasteiger partial charge in [0.2, 0.25) is 11.9 Å².